The summed E-state index contributed by atoms with van der Waals surface area (Å²) < 4.78 is 23.0. The van der Waals surface area contributed by atoms with Crippen molar-refractivity contribution in [2.75, 3.05) is 16.8 Å². The Balaban J connectivity index is 1.72. The van der Waals surface area contributed by atoms with Crippen LogP contribution in [0.5, 0.6) is 0 Å². The topological polar surface area (TPSA) is 105 Å². The van der Waals surface area contributed by atoms with Gasteiger partial charge in [-0.3, -0.25) is 14.6 Å². The summed E-state index contributed by atoms with van der Waals surface area (Å²) >= 11 is 0. The van der Waals surface area contributed by atoms with E-state index in [1.54, 1.807) is 0 Å². The third kappa shape index (κ3) is 4.71. The predicted molar refractivity (Wildman–Crippen MR) is 103 cm³/mol. The molecular formula is C19H21N3O4S. The second kappa shape index (κ2) is 7.48. The molecule has 27 heavy (non-hydrogen) atoms. The summed E-state index contributed by atoms with van der Waals surface area (Å²) in [5.41, 5.74) is 3.00. The van der Waals surface area contributed by atoms with Crippen LogP contribution in [0.3, 0.4) is 0 Å². The van der Waals surface area contributed by atoms with Crippen molar-refractivity contribution in [3.8, 4) is 0 Å². The van der Waals surface area contributed by atoms with Gasteiger partial charge in [0.25, 0.3) is 11.8 Å². The Hall–Kier alpha value is -2.74. The van der Waals surface area contributed by atoms with Crippen molar-refractivity contribution in [3.05, 3.63) is 58.9 Å². The van der Waals surface area contributed by atoms with Gasteiger partial charge in [0.2, 0.25) is 0 Å². The van der Waals surface area contributed by atoms with Crippen LogP contribution in [0.1, 0.15) is 38.4 Å². The van der Waals surface area contributed by atoms with Gasteiger partial charge in [0.05, 0.1) is 11.5 Å². The Bertz CT molecular complexity index is 1000. The van der Waals surface area contributed by atoms with Crippen LogP contribution in [-0.2, 0) is 9.84 Å². The van der Waals surface area contributed by atoms with E-state index in [-0.39, 0.29) is 22.8 Å². The normalized spacial score (nSPS) is 18.1. The van der Waals surface area contributed by atoms with Crippen molar-refractivity contribution < 1.29 is 18.0 Å². The second-order valence-electron chi connectivity index (χ2n) is 6.78. The first kappa shape index (κ1) is 19.0. The molecule has 2 N–H and O–H groups in total. The molecule has 0 spiro atoms. The van der Waals surface area contributed by atoms with Crippen LogP contribution >= 0.6 is 0 Å². The van der Waals surface area contributed by atoms with E-state index in [9.17, 15) is 18.0 Å². The van der Waals surface area contributed by atoms with Gasteiger partial charge in [0.1, 0.15) is 5.69 Å². The minimum Gasteiger partial charge on any atom is -0.348 e. The van der Waals surface area contributed by atoms with Crippen LogP contribution in [0.15, 0.2) is 36.5 Å². The van der Waals surface area contributed by atoms with E-state index in [1.165, 1.54) is 18.3 Å². The number of aryl methyl sites for hydroxylation is 2. The van der Waals surface area contributed by atoms with Crippen molar-refractivity contribution in [2.24, 2.45) is 0 Å². The first-order chi connectivity index (χ1) is 12.7. The van der Waals surface area contributed by atoms with Crippen LogP contribution < -0.4 is 10.6 Å². The fraction of sp³-hybridized carbons (Fsp3) is 0.316. The second-order valence-corrected chi connectivity index (χ2v) is 9.00. The third-order valence-electron chi connectivity index (χ3n) is 4.46. The third-order valence-corrected chi connectivity index (χ3v) is 6.23. The molecule has 1 aliphatic heterocycles. The first-order valence-corrected chi connectivity index (χ1v) is 10.4. The Labute approximate surface area is 158 Å². The summed E-state index contributed by atoms with van der Waals surface area (Å²) in [4.78, 5) is 28.9. The summed E-state index contributed by atoms with van der Waals surface area (Å²) in [5, 5.41) is 5.51. The van der Waals surface area contributed by atoms with E-state index in [0.29, 0.717) is 12.1 Å². The fourth-order valence-corrected chi connectivity index (χ4v) is 4.60. The van der Waals surface area contributed by atoms with Crippen molar-refractivity contribution in [2.45, 2.75) is 26.3 Å². The minimum atomic E-state index is -3.08. The minimum absolute atomic E-state index is 0.0518. The Morgan fingerprint density at radius 2 is 1.89 bits per heavy atom. The molecule has 1 aromatic carbocycles. The lowest BCUT2D eigenvalue weighted by Gasteiger charge is -2.12. The molecule has 1 atom stereocenters. The number of hydrogen-bond donors (Lipinski definition) is 2. The van der Waals surface area contributed by atoms with Gasteiger partial charge < -0.3 is 10.6 Å². The number of carbonyl (C=O) groups is 2. The maximum absolute atomic E-state index is 12.5. The lowest BCUT2D eigenvalue weighted by atomic mass is 10.1. The maximum atomic E-state index is 12.5. The standard InChI is InChI=1S/C19H21N3O4S/c1-12-3-4-13(2)16(9-12)22-19(24)17-10-14(5-7-20-17)18(23)21-15-6-8-27(25,26)11-15/h3-5,7,9-10,15H,6,8,11H2,1-2H3,(H,21,23)(H,22,24). The molecule has 7 nitrogen and oxygen atoms in total. The zero-order chi connectivity index (χ0) is 19.6. The van der Waals surface area contributed by atoms with E-state index in [0.717, 1.165) is 11.1 Å². The molecule has 0 aliphatic carbocycles. The number of pyridine rings is 1. The number of carbonyl (C=O) groups excluding carboxylic acids is 2. The van der Waals surface area contributed by atoms with E-state index in [1.807, 2.05) is 32.0 Å². The Morgan fingerprint density at radius 3 is 2.59 bits per heavy atom. The van der Waals surface area contributed by atoms with Crippen LogP contribution in [0.2, 0.25) is 0 Å². The monoisotopic (exact) mass is 387 g/mol. The molecule has 0 radical (unpaired) electrons. The average Bonchev–Trinajstić information content (AvgIpc) is 2.96. The number of amides is 2. The van der Waals surface area contributed by atoms with Crippen LogP contribution in [0.25, 0.3) is 0 Å². The van der Waals surface area contributed by atoms with Gasteiger partial charge in [-0.1, -0.05) is 12.1 Å². The number of nitrogens with one attached hydrogen (secondary N) is 2. The maximum Gasteiger partial charge on any atom is 0.274 e. The number of benzene rings is 1. The van der Waals surface area contributed by atoms with E-state index >= 15 is 0 Å². The highest BCUT2D eigenvalue weighted by Gasteiger charge is 2.29. The molecule has 2 heterocycles. The van der Waals surface area contributed by atoms with Crippen molar-refractivity contribution in [3.63, 3.8) is 0 Å². The molecule has 8 heteroatoms. The van der Waals surface area contributed by atoms with Crippen LogP contribution in [0.4, 0.5) is 5.69 Å². The highest BCUT2D eigenvalue weighted by atomic mass is 32.2. The number of aromatic nitrogens is 1. The molecule has 0 bridgehead atoms. The van der Waals surface area contributed by atoms with Gasteiger partial charge in [-0.2, -0.15) is 0 Å². The van der Waals surface area contributed by atoms with E-state index in [2.05, 4.69) is 15.6 Å². The number of anilines is 1. The fourth-order valence-electron chi connectivity index (χ4n) is 2.93. The van der Waals surface area contributed by atoms with Crippen molar-refractivity contribution in [1.29, 1.82) is 0 Å². The summed E-state index contributed by atoms with van der Waals surface area (Å²) in [7, 11) is -3.08. The van der Waals surface area contributed by atoms with Crippen molar-refractivity contribution >= 4 is 27.3 Å². The zero-order valence-electron chi connectivity index (χ0n) is 15.2. The smallest absolute Gasteiger partial charge is 0.274 e. The van der Waals surface area contributed by atoms with Gasteiger partial charge in [0.15, 0.2) is 9.84 Å². The summed E-state index contributed by atoms with van der Waals surface area (Å²) in [6, 6.07) is 8.23. The lowest BCUT2D eigenvalue weighted by Crippen LogP contribution is -2.35. The zero-order valence-corrected chi connectivity index (χ0v) is 16.0. The highest BCUT2D eigenvalue weighted by molar-refractivity contribution is 7.91. The van der Waals surface area contributed by atoms with Crippen LogP contribution in [0, 0.1) is 13.8 Å². The van der Waals surface area contributed by atoms with Gasteiger partial charge in [-0.05, 0) is 49.6 Å². The molecular weight excluding hydrogens is 366 g/mol. The Morgan fingerprint density at radius 1 is 1.11 bits per heavy atom. The molecule has 1 fully saturated rings. The van der Waals surface area contributed by atoms with Crippen molar-refractivity contribution in [1.82, 2.24) is 10.3 Å². The molecule has 2 aromatic rings. The molecule has 2 amide bonds. The van der Waals surface area contributed by atoms with Gasteiger partial charge >= 0.3 is 0 Å². The first-order valence-electron chi connectivity index (χ1n) is 8.59. The number of sulfone groups is 1. The summed E-state index contributed by atoms with van der Waals surface area (Å²) in [5.74, 6) is -0.802. The average molecular weight is 387 g/mol. The number of hydrogen-bond acceptors (Lipinski definition) is 5. The van der Waals surface area contributed by atoms with E-state index in [4.69, 9.17) is 0 Å². The molecule has 1 saturated heterocycles. The van der Waals surface area contributed by atoms with Gasteiger partial charge in [-0.15, -0.1) is 0 Å². The summed E-state index contributed by atoms with van der Waals surface area (Å²) in [6.07, 6.45) is 1.79. The molecule has 1 aliphatic rings. The highest BCUT2D eigenvalue weighted by Crippen LogP contribution is 2.17. The molecule has 0 saturated carbocycles. The van der Waals surface area contributed by atoms with Crippen LogP contribution in [-0.4, -0.2) is 42.8 Å². The van der Waals surface area contributed by atoms with Gasteiger partial charge in [0, 0.05) is 23.5 Å². The summed E-state index contributed by atoms with van der Waals surface area (Å²) in [6.45, 7) is 3.82. The largest absolute Gasteiger partial charge is 0.348 e. The number of nitrogens with zero attached hydrogens (tertiary/aromatic N) is 1. The molecule has 1 unspecified atom stereocenters. The Kier molecular flexibility index (Phi) is 5.27. The van der Waals surface area contributed by atoms with Gasteiger partial charge in [-0.25, -0.2) is 8.42 Å². The molecule has 3 rings (SSSR count). The predicted octanol–water partition coefficient (Wildman–Crippen LogP) is 1.87. The quantitative estimate of drug-likeness (QED) is 0.833. The molecule has 1 aromatic heterocycles. The number of rotatable bonds is 4. The lowest BCUT2D eigenvalue weighted by molar-refractivity contribution is 0.0941. The molecule has 142 valence electrons. The SMILES string of the molecule is Cc1ccc(C)c(NC(=O)c2cc(C(=O)NC3CCS(=O)(=O)C3)ccn2)c1. The van der Waals surface area contributed by atoms with E-state index < -0.39 is 27.7 Å².